The summed E-state index contributed by atoms with van der Waals surface area (Å²) in [4.78, 5) is 12.3. The van der Waals surface area contributed by atoms with Crippen LogP contribution in [0.3, 0.4) is 0 Å². The van der Waals surface area contributed by atoms with Crippen molar-refractivity contribution in [3.63, 3.8) is 0 Å². The number of hydrogen-bond acceptors (Lipinski definition) is 12. The van der Waals surface area contributed by atoms with Gasteiger partial charge in [0.1, 0.15) is 42.2 Å². The molecule has 0 aromatic carbocycles. The standard InChI is InChI=1S/C14H25NO12/c1-13(10(22)8(20)9(21)12(24)27-13)2-5(17)15-14(25)11(23)7(19)6(18)4(3-16)26-14/h4,6-12,16,18-25H,2-3H2,1H3,(H,15,17)/t4-,6-,7+,8+,9+,10+,11-,12?,13+,14?/m1/s1. The van der Waals surface area contributed by atoms with Crippen LogP contribution in [0.4, 0.5) is 0 Å². The molecule has 2 aliphatic heterocycles. The SMILES string of the molecule is C[C@@]1(CC(=O)NC2(O)O[C@H](CO)[C@@H](O)[C@H](O)[C@H]2O)OC(O)[C@@H](O)[C@H](O)[C@@H]1O. The fourth-order valence-electron chi connectivity index (χ4n) is 3.10. The van der Waals surface area contributed by atoms with Crippen LogP contribution in [0, 0.1) is 0 Å². The molecule has 2 heterocycles. The highest BCUT2D eigenvalue weighted by atomic mass is 16.7. The molecule has 0 aromatic rings. The highest BCUT2D eigenvalue weighted by Crippen LogP contribution is 2.32. The maximum atomic E-state index is 12.3. The van der Waals surface area contributed by atoms with Gasteiger partial charge in [-0.2, -0.15) is 0 Å². The predicted molar refractivity (Wildman–Crippen MR) is 81.2 cm³/mol. The first-order valence-electron chi connectivity index (χ1n) is 8.12. The van der Waals surface area contributed by atoms with Gasteiger partial charge < -0.3 is 60.7 Å². The number of rotatable bonds is 4. The van der Waals surface area contributed by atoms with Gasteiger partial charge in [0, 0.05) is 0 Å². The largest absolute Gasteiger partial charge is 0.394 e. The highest BCUT2D eigenvalue weighted by Gasteiger charge is 2.55. The summed E-state index contributed by atoms with van der Waals surface area (Å²) >= 11 is 0. The molecule has 27 heavy (non-hydrogen) atoms. The third-order valence-electron chi connectivity index (χ3n) is 4.78. The zero-order chi connectivity index (χ0) is 20.7. The van der Waals surface area contributed by atoms with Gasteiger partial charge in [0.05, 0.1) is 13.0 Å². The monoisotopic (exact) mass is 399 g/mol. The van der Waals surface area contributed by atoms with E-state index < -0.39 is 79.5 Å². The smallest absolute Gasteiger partial charge is 0.279 e. The molecule has 0 radical (unpaired) electrons. The third kappa shape index (κ3) is 4.08. The lowest BCUT2D eigenvalue weighted by atomic mass is 9.85. The minimum Gasteiger partial charge on any atom is -0.394 e. The molecule has 2 fully saturated rings. The Morgan fingerprint density at radius 3 is 2.04 bits per heavy atom. The van der Waals surface area contributed by atoms with Gasteiger partial charge in [-0.05, 0) is 6.92 Å². The van der Waals surface area contributed by atoms with Crippen molar-refractivity contribution in [2.45, 2.75) is 73.9 Å². The molecule has 0 spiro atoms. The fraction of sp³-hybridized carbons (Fsp3) is 0.929. The molecule has 13 nitrogen and oxygen atoms in total. The summed E-state index contributed by atoms with van der Waals surface area (Å²) in [6, 6.07) is 0. The minimum absolute atomic E-state index is 0.782. The molecule has 1 amide bonds. The number of aliphatic hydroxyl groups excluding tert-OH is 8. The molecule has 158 valence electrons. The van der Waals surface area contributed by atoms with Gasteiger partial charge in [0.2, 0.25) is 5.91 Å². The van der Waals surface area contributed by atoms with Crippen LogP contribution in [0.2, 0.25) is 0 Å². The topological polar surface area (TPSA) is 230 Å². The van der Waals surface area contributed by atoms with E-state index in [1.165, 1.54) is 0 Å². The number of aliphatic hydroxyl groups is 9. The van der Waals surface area contributed by atoms with Gasteiger partial charge in [-0.25, -0.2) is 0 Å². The molecule has 2 aliphatic rings. The Labute approximate surface area is 153 Å². The van der Waals surface area contributed by atoms with Crippen LogP contribution in [-0.2, 0) is 14.3 Å². The molecule has 13 heteroatoms. The maximum absolute atomic E-state index is 12.3. The number of carbonyl (C=O) groups excluding carboxylic acids is 1. The second-order valence-corrected chi connectivity index (χ2v) is 6.93. The van der Waals surface area contributed by atoms with Crippen LogP contribution >= 0.6 is 0 Å². The highest BCUT2D eigenvalue weighted by molar-refractivity contribution is 5.77. The van der Waals surface area contributed by atoms with Crippen molar-refractivity contribution < 1.29 is 60.2 Å². The average Bonchev–Trinajstić information content (AvgIpc) is 2.59. The van der Waals surface area contributed by atoms with Crippen molar-refractivity contribution in [3.8, 4) is 0 Å². The summed E-state index contributed by atoms with van der Waals surface area (Å²) in [7, 11) is 0. The van der Waals surface area contributed by atoms with Crippen molar-refractivity contribution in [3.05, 3.63) is 0 Å². The van der Waals surface area contributed by atoms with Crippen LogP contribution in [0.5, 0.6) is 0 Å². The Morgan fingerprint density at radius 1 is 0.926 bits per heavy atom. The molecular weight excluding hydrogens is 374 g/mol. The van der Waals surface area contributed by atoms with E-state index in [1.54, 1.807) is 0 Å². The molecular formula is C14H25NO12. The van der Waals surface area contributed by atoms with Gasteiger partial charge >= 0.3 is 0 Å². The lowest BCUT2D eigenvalue weighted by Crippen LogP contribution is -2.72. The average molecular weight is 399 g/mol. The Morgan fingerprint density at radius 2 is 1.48 bits per heavy atom. The Hall–Kier alpha value is -0.970. The van der Waals surface area contributed by atoms with Gasteiger partial charge in [0.15, 0.2) is 12.4 Å². The van der Waals surface area contributed by atoms with Crippen molar-refractivity contribution in [2.75, 3.05) is 6.61 Å². The number of amides is 1. The van der Waals surface area contributed by atoms with Crippen LogP contribution in [-0.4, -0.2) is 119 Å². The number of ether oxygens (including phenoxy) is 2. The summed E-state index contributed by atoms with van der Waals surface area (Å²) in [6.45, 7) is 0.297. The van der Waals surface area contributed by atoms with Gasteiger partial charge in [-0.15, -0.1) is 0 Å². The predicted octanol–water partition coefficient (Wildman–Crippen LogP) is -6.20. The number of carbonyl (C=O) groups is 1. The first-order chi connectivity index (χ1) is 12.4. The van der Waals surface area contributed by atoms with E-state index in [2.05, 4.69) is 0 Å². The summed E-state index contributed by atoms with van der Waals surface area (Å²) in [5, 5.41) is 89.4. The quantitative estimate of drug-likeness (QED) is 0.199. The van der Waals surface area contributed by atoms with Crippen molar-refractivity contribution in [1.82, 2.24) is 5.32 Å². The zero-order valence-corrected chi connectivity index (χ0v) is 14.3. The van der Waals surface area contributed by atoms with Gasteiger partial charge in [-0.3, -0.25) is 4.79 Å². The van der Waals surface area contributed by atoms with Crippen LogP contribution < -0.4 is 5.32 Å². The van der Waals surface area contributed by atoms with E-state index in [1.807, 2.05) is 5.32 Å². The first-order valence-corrected chi connectivity index (χ1v) is 8.12. The number of nitrogens with one attached hydrogen (secondary N) is 1. The normalized spacial score (nSPS) is 51.0. The maximum Gasteiger partial charge on any atom is 0.279 e. The molecule has 0 aliphatic carbocycles. The van der Waals surface area contributed by atoms with E-state index in [9.17, 15) is 45.6 Å². The molecule has 10 atom stereocenters. The second kappa shape index (κ2) is 7.81. The Bertz CT molecular complexity index is 548. The molecule has 2 saturated heterocycles. The van der Waals surface area contributed by atoms with Crippen LogP contribution in [0.25, 0.3) is 0 Å². The van der Waals surface area contributed by atoms with E-state index in [0.29, 0.717) is 0 Å². The fourth-order valence-corrected chi connectivity index (χ4v) is 3.10. The van der Waals surface area contributed by atoms with E-state index in [0.717, 1.165) is 6.92 Å². The third-order valence-corrected chi connectivity index (χ3v) is 4.78. The molecule has 0 saturated carbocycles. The molecule has 0 aromatic heterocycles. The van der Waals surface area contributed by atoms with Crippen LogP contribution in [0.1, 0.15) is 13.3 Å². The zero-order valence-electron chi connectivity index (χ0n) is 14.3. The van der Waals surface area contributed by atoms with Gasteiger partial charge in [0.25, 0.3) is 5.91 Å². The Balaban J connectivity index is 2.12. The first kappa shape index (κ1) is 22.3. The summed E-state index contributed by atoms with van der Waals surface area (Å²) in [6.07, 6.45) is -15.6. The molecule has 2 rings (SSSR count). The lowest BCUT2D eigenvalue weighted by Gasteiger charge is -2.47. The minimum atomic E-state index is -2.89. The molecule has 2 unspecified atom stereocenters. The summed E-state index contributed by atoms with van der Waals surface area (Å²) < 4.78 is 9.86. The van der Waals surface area contributed by atoms with E-state index in [4.69, 9.17) is 14.6 Å². The van der Waals surface area contributed by atoms with Crippen LogP contribution in [0.15, 0.2) is 0 Å². The van der Waals surface area contributed by atoms with Crippen molar-refractivity contribution >= 4 is 5.91 Å². The van der Waals surface area contributed by atoms with E-state index in [-0.39, 0.29) is 0 Å². The number of hydrogen-bond donors (Lipinski definition) is 10. The van der Waals surface area contributed by atoms with Crippen molar-refractivity contribution in [1.29, 1.82) is 0 Å². The van der Waals surface area contributed by atoms with E-state index >= 15 is 0 Å². The molecule has 10 N–H and O–H groups in total. The second-order valence-electron chi connectivity index (χ2n) is 6.93. The lowest BCUT2D eigenvalue weighted by molar-refractivity contribution is -0.358. The Kier molecular flexibility index (Phi) is 6.45. The summed E-state index contributed by atoms with van der Waals surface area (Å²) in [5.74, 6) is -4.01. The molecule has 0 bridgehead atoms. The van der Waals surface area contributed by atoms with Gasteiger partial charge in [-0.1, -0.05) is 0 Å². The summed E-state index contributed by atoms with van der Waals surface area (Å²) in [5.41, 5.74) is -1.90. The van der Waals surface area contributed by atoms with Crippen molar-refractivity contribution in [2.24, 2.45) is 0 Å².